The number of methoxy groups -OCH3 is 1. The number of benzene rings is 1. The Morgan fingerprint density at radius 2 is 2.16 bits per heavy atom. The van der Waals surface area contributed by atoms with E-state index in [1.807, 2.05) is 32.0 Å². The molecule has 1 heterocycles. The van der Waals surface area contributed by atoms with Gasteiger partial charge in [0.25, 0.3) is 0 Å². The largest absolute Gasteiger partial charge is 0.388 e. The Bertz CT molecular complexity index is 472. The monoisotopic (exact) mass is 263 g/mol. The van der Waals surface area contributed by atoms with Gasteiger partial charge in [-0.2, -0.15) is 0 Å². The number of β-amino-alcohol motifs (C(OH)–C–C–N with tert-alkyl or cyclic N) is 1. The Morgan fingerprint density at radius 3 is 2.79 bits per heavy atom. The molecule has 0 unspecified atom stereocenters. The molecule has 4 heteroatoms. The molecule has 1 aromatic rings. The lowest BCUT2D eigenvalue weighted by molar-refractivity contribution is -0.130. The van der Waals surface area contributed by atoms with Crippen molar-refractivity contribution >= 4 is 5.91 Å². The molecule has 0 radical (unpaired) electrons. The maximum Gasteiger partial charge on any atom is 0.227 e. The first-order valence-electron chi connectivity index (χ1n) is 6.56. The molecule has 2 rings (SSSR count). The van der Waals surface area contributed by atoms with Crippen molar-refractivity contribution in [2.24, 2.45) is 0 Å². The number of nitrogens with zero attached hydrogens (tertiary/aromatic N) is 1. The van der Waals surface area contributed by atoms with E-state index >= 15 is 0 Å². The van der Waals surface area contributed by atoms with Crippen molar-refractivity contribution in [3.8, 4) is 0 Å². The second-order valence-corrected chi connectivity index (χ2v) is 5.25. The fraction of sp³-hybridized carbons (Fsp3) is 0.533. The standard InChI is InChI=1S/C15H21NO3/c1-10-4-5-11(2)12(6-10)7-15(18)16-8-13(17)14(9-16)19-3/h4-6,13-14,17H,7-9H2,1-3H3/t13-,14-/m0/s1. The van der Waals surface area contributed by atoms with E-state index in [4.69, 9.17) is 4.74 Å². The van der Waals surface area contributed by atoms with Gasteiger partial charge in [-0.15, -0.1) is 0 Å². The number of ether oxygens (including phenoxy) is 1. The average molecular weight is 263 g/mol. The number of rotatable bonds is 3. The topological polar surface area (TPSA) is 49.8 Å². The molecular weight excluding hydrogens is 242 g/mol. The number of aliphatic hydroxyl groups excluding tert-OH is 1. The summed E-state index contributed by atoms with van der Waals surface area (Å²) in [4.78, 5) is 13.9. The van der Waals surface area contributed by atoms with E-state index < -0.39 is 6.10 Å². The predicted molar refractivity (Wildman–Crippen MR) is 73.0 cm³/mol. The van der Waals surface area contributed by atoms with Crippen molar-refractivity contribution in [3.63, 3.8) is 0 Å². The van der Waals surface area contributed by atoms with Gasteiger partial charge in [-0.1, -0.05) is 23.8 Å². The lowest BCUT2D eigenvalue weighted by Crippen LogP contribution is -2.31. The minimum atomic E-state index is -0.576. The Hall–Kier alpha value is -1.39. The van der Waals surface area contributed by atoms with E-state index in [0.717, 1.165) is 16.7 Å². The highest BCUT2D eigenvalue weighted by Gasteiger charge is 2.33. The van der Waals surface area contributed by atoms with Crippen molar-refractivity contribution in [1.82, 2.24) is 4.90 Å². The van der Waals surface area contributed by atoms with Crippen molar-refractivity contribution in [2.45, 2.75) is 32.5 Å². The molecule has 1 N–H and O–H groups in total. The summed E-state index contributed by atoms with van der Waals surface area (Å²) in [6, 6.07) is 6.13. The smallest absolute Gasteiger partial charge is 0.227 e. The van der Waals surface area contributed by atoms with Crippen LogP contribution in [0.1, 0.15) is 16.7 Å². The highest BCUT2D eigenvalue weighted by atomic mass is 16.5. The Balaban J connectivity index is 2.04. The molecule has 104 valence electrons. The summed E-state index contributed by atoms with van der Waals surface area (Å²) in [5, 5.41) is 9.75. The van der Waals surface area contributed by atoms with Gasteiger partial charge >= 0.3 is 0 Å². The van der Waals surface area contributed by atoms with Crippen LogP contribution in [0.15, 0.2) is 18.2 Å². The number of amides is 1. The van der Waals surface area contributed by atoms with Gasteiger partial charge < -0.3 is 14.7 Å². The van der Waals surface area contributed by atoms with Crippen LogP contribution < -0.4 is 0 Å². The first-order chi connectivity index (χ1) is 9.01. The van der Waals surface area contributed by atoms with E-state index in [1.165, 1.54) is 0 Å². The number of carbonyl (C=O) groups excluding carboxylic acids is 1. The summed E-state index contributed by atoms with van der Waals surface area (Å²) < 4.78 is 5.15. The molecule has 1 aliphatic heterocycles. The number of hydrogen-bond donors (Lipinski definition) is 1. The normalized spacial score (nSPS) is 22.8. The van der Waals surface area contributed by atoms with Gasteiger partial charge in [-0.25, -0.2) is 0 Å². The van der Waals surface area contributed by atoms with Crippen molar-refractivity contribution in [2.75, 3.05) is 20.2 Å². The second kappa shape index (κ2) is 5.72. The van der Waals surface area contributed by atoms with E-state index in [9.17, 15) is 9.90 Å². The van der Waals surface area contributed by atoms with Crippen molar-refractivity contribution in [3.05, 3.63) is 34.9 Å². The molecule has 1 aliphatic rings. The zero-order valence-electron chi connectivity index (χ0n) is 11.7. The third-order valence-electron chi connectivity index (χ3n) is 3.74. The SMILES string of the molecule is CO[C@H]1CN(C(=O)Cc2cc(C)ccc2C)C[C@@H]1O. The number of hydrogen-bond acceptors (Lipinski definition) is 3. The molecule has 1 saturated heterocycles. The maximum absolute atomic E-state index is 12.2. The van der Waals surface area contributed by atoms with Gasteiger partial charge in [0.2, 0.25) is 5.91 Å². The highest BCUT2D eigenvalue weighted by molar-refractivity contribution is 5.79. The third kappa shape index (κ3) is 3.14. The van der Waals surface area contributed by atoms with Gasteiger partial charge in [0.15, 0.2) is 0 Å². The zero-order chi connectivity index (χ0) is 14.0. The average Bonchev–Trinajstić information content (AvgIpc) is 2.75. The molecule has 1 amide bonds. The van der Waals surface area contributed by atoms with Crippen molar-refractivity contribution < 1.29 is 14.6 Å². The van der Waals surface area contributed by atoms with Crippen LogP contribution in [0.2, 0.25) is 0 Å². The van der Waals surface area contributed by atoms with Crippen LogP contribution in [-0.4, -0.2) is 48.3 Å². The van der Waals surface area contributed by atoms with Gasteiger partial charge in [-0.05, 0) is 25.0 Å². The van der Waals surface area contributed by atoms with E-state index in [-0.39, 0.29) is 12.0 Å². The molecule has 19 heavy (non-hydrogen) atoms. The molecular formula is C15H21NO3. The van der Waals surface area contributed by atoms with Crippen LogP contribution in [0, 0.1) is 13.8 Å². The van der Waals surface area contributed by atoms with Crippen LogP contribution in [0.25, 0.3) is 0 Å². The van der Waals surface area contributed by atoms with E-state index in [1.54, 1.807) is 12.0 Å². The van der Waals surface area contributed by atoms with Crippen LogP contribution in [-0.2, 0) is 16.0 Å². The van der Waals surface area contributed by atoms with E-state index in [0.29, 0.717) is 19.5 Å². The van der Waals surface area contributed by atoms with Crippen molar-refractivity contribution in [1.29, 1.82) is 0 Å². The number of aliphatic hydroxyl groups is 1. The fourth-order valence-corrected chi connectivity index (χ4v) is 2.46. The van der Waals surface area contributed by atoms with Gasteiger partial charge in [-0.3, -0.25) is 4.79 Å². The quantitative estimate of drug-likeness (QED) is 0.887. The Kier molecular flexibility index (Phi) is 4.22. The van der Waals surface area contributed by atoms with Gasteiger partial charge in [0, 0.05) is 20.2 Å². The molecule has 0 bridgehead atoms. The molecule has 2 atom stereocenters. The van der Waals surface area contributed by atoms with E-state index in [2.05, 4.69) is 0 Å². The summed E-state index contributed by atoms with van der Waals surface area (Å²) in [5.74, 6) is 0.0484. The minimum Gasteiger partial charge on any atom is -0.388 e. The predicted octanol–water partition coefficient (Wildman–Crippen LogP) is 1.06. The molecule has 4 nitrogen and oxygen atoms in total. The lowest BCUT2D eigenvalue weighted by atomic mass is 10.0. The van der Waals surface area contributed by atoms with Crippen LogP contribution in [0.4, 0.5) is 0 Å². The summed E-state index contributed by atoms with van der Waals surface area (Å²) >= 11 is 0. The van der Waals surface area contributed by atoms with Crippen LogP contribution in [0.5, 0.6) is 0 Å². The van der Waals surface area contributed by atoms with Gasteiger partial charge in [0.05, 0.1) is 12.5 Å². The number of aryl methyl sites for hydroxylation is 2. The highest BCUT2D eigenvalue weighted by Crippen LogP contribution is 2.17. The third-order valence-corrected chi connectivity index (χ3v) is 3.74. The first-order valence-corrected chi connectivity index (χ1v) is 6.56. The summed E-state index contributed by atoms with van der Waals surface area (Å²) in [6.45, 7) is 4.87. The second-order valence-electron chi connectivity index (χ2n) is 5.25. The molecule has 0 saturated carbocycles. The maximum atomic E-state index is 12.2. The fourth-order valence-electron chi connectivity index (χ4n) is 2.46. The Labute approximate surface area is 114 Å². The summed E-state index contributed by atoms with van der Waals surface area (Å²) in [7, 11) is 1.56. The molecule has 0 aromatic heterocycles. The molecule has 1 fully saturated rings. The minimum absolute atomic E-state index is 0.0484. The van der Waals surface area contributed by atoms with Crippen LogP contribution >= 0.6 is 0 Å². The Morgan fingerprint density at radius 1 is 1.42 bits per heavy atom. The molecule has 0 spiro atoms. The van der Waals surface area contributed by atoms with Gasteiger partial charge in [0.1, 0.15) is 6.10 Å². The molecule has 1 aromatic carbocycles. The first kappa shape index (κ1) is 14.0. The summed E-state index contributed by atoms with van der Waals surface area (Å²) in [5.41, 5.74) is 3.34. The van der Waals surface area contributed by atoms with Crippen LogP contribution in [0.3, 0.4) is 0 Å². The summed E-state index contributed by atoms with van der Waals surface area (Å²) in [6.07, 6.45) is -0.452. The number of likely N-dealkylation sites (tertiary alicyclic amines) is 1. The molecule has 0 aliphatic carbocycles. The lowest BCUT2D eigenvalue weighted by Gasteiger charge is -2.16. The zero-order valence-corrected chi connectivity index (χ0v) is 11.7. The number of carbonyl (C=O) groups is 1.